The molecule has 2 nitrogen and oxygen atoms in total. The van der Waals surface area contributed by atoms with Gasteiger partial charge in [0.15, 0.2) is 5.78 Å². The highest BCUT2D eigenvalue weighted by Gasteiger charge is 2.24. The molecule has 0 N–H and O–H groups in total. The first-order chi connectivity index (χ1) is 9.10. The van der Waals surface area contributed by atoms with E-state index in [2.05, 4.69) is 18.7 Å². The van der Waals surface area contributed by atoms with Crippen molar-refractivity contribution in [3.05, 3.63) is 29.8 Å². The molecule has 1 aliphatic heterocycles. The van der Waals surface area contributed by atoms with Crippen LogP contribution in [0.2, 0.25) is 0 Å². The lowest BCUT2D eigenvalue weighted by atomic mass is 9.94. The Morgan fingerprint density at radius 3 is 2.58 bits per heavy atom. The molecular weight excluding hydrogens is 254 g/mol. The largest absolute Gasteiger partial charge is 0.293 e. The molecule has 1 aliphatic rings. The Bertz CT molecular complexity index is 429. The van der Waals surface area contributed by atoms with Crippen molar-refractivity contribution in [2.75, 3.05) is 19.3 Å². The number of hydrogen-bond acceptors (Lipinski definition) is 3. The van der Waals surface area contributed by atoms with Crippen LogP contribution in [0.15, 0.2) is 29.2 Å². The van der Waals surface area contributed by atoms with Crippen LogP contribution in [-0.2, 0) is 0 Å². The summed E-state index contributed by atoms with van der Waals surface area (Å²) in [6.45, 7) is 6.12. The summed E-state index contributed by atoms with van der Waals surface area (Å²) in [7, 11) is 0. The average molecular weight is 277 g/mol. The predicted octanol–water partition coefficient (Wildman–Crippen LogP) is 3.71. The number of nitrogens with zero attached hydrogens (tertiary/aromatic N) is 1. The summed E-state index contributed by atoms with van der Waals surface area (Å²) in [6, 6.07) is 8.49. The summed E-state index contributed by atoms with van der Waals surface area (Å²) in [5.41, 5.74) is 0.836. The Morgan fingerprint density at radius 1 is 1.26 bits per heavy atom. The van der Waals surface area contributed by atoms with Crippen LogP contribution in [-0.4, -0.2) is 36.1 Å². The second-order valence-corrected chi connectivity index (χ2v) is 6.49. The molecule has 0 aliphatic carbocycles. The third-order valence-electron chi connectivity index (χ3n) is 4.01. The molecule has 104 valence electrons. The van der Waals surface area contributed by atoms with Gasteiger partial charge in [-0.15, -0.1) is 11.8 Å². The molecule has 0 radical (unpaired) electrons. The zero-order valence-electron chi connectivity index (χ0n) is 12.1. The van der Waals surface area contributed by atoms with Gasteiger partial charge in [0, 0.05) is 23.0 Å². The summed E-state index contributed by atoms with van der Waals surface area (Å²) < 4.78 is 0. The predicted molar refractivity (Wildman–Crippen MR) is 82.0 cm³/mol. The highest BCUT2D eigenvalue weighted by molar-refractivity contribution is 7.98. The Hall–Kier alpha value is -0.800. The number of carbonyl (C=O) groups is 1. The number of rotatable bonds is 4. The van der Waals surface area contributed by atoms with Gasteiger partial charge in [-0.05, 0) is 44.1 Å². The summed E-state index contributed by atoms with van der Waals surface area (Å²) >= 11 is 1.70. The smallest absolute Gasteiger partial charge is 0.176 e. The van der Waals surface area contributed by atoms with Crippen LogP contribution < -0.4 is 0 Å². The monoisotopic (exact) mass is 277 g/mol. The lowest BCUT2D eigenvalue weighted by Gasteiger charge is -2.36. The molecule has 1 heterocycles. The van der Waals surface area contributed by atoms with Crippen molar-refractivity contribution in [3.8, 4) is 0 Å². The van der Waals surface area contributed by atoms with Crippen molar-refractivity contribution in [2.24, 2.45) is 5.92 Å². The summed E-state index contributed by atoms with van der Waals surface area (Å²) in [6.07, 6.45) is 4.54. The third-order valence-corrected chi connectivity index (χ3v) is 4.75. The van der Waals surface area contributed by atoms with E-state index in [1.165, 1.54) is 17.7 Å². The first-order valence-corrected chi connectivity index (χ1v) is 8.24. The van der Waals surface area contributed by atoms with Crippen LogP contribution in [0, 0.1) is 5.92 Å². The molecule has 19 heavy (non-hydrogen) atoms. The SMILES string of the molecule is CSc1ccc(C(=O)CN2CC(C)CCC2C)cc1. The van der Waals surface area contributed by atoms with Crippen LogP contribution in [0.3, 0.4) is 0 Å². The second kappa shape index (κ2) is 6.58. The Kier molecular flexibility index (Phi) is 5.06. The molecular formula is C16H23NOS. The maximum Gasteiger partial charge on any atom is 0.176 e. The van der Waals surface area contributed by atoms with E-state index in [1.807, 2.05) is 30.5 Å². The van der Waals surface area contributed by atoms with Crippen LogP contribution in [0.25, 0.3) is 0 Å². The number of likely N-dealkylation sites (tertiary alicyclic amines) is 1. The van der Waals surface area contributed by atoms with E-state index in [4.69, 9.17) is 0 Å². The number of thioether (sulfide) groups is 1. The van der Waals surface area contributed by atoms with Crippen molar-refractivity contribution in [2.45, 2.75) is 37.6 Å². The Labute approximate surface area is 120 Å². The average Bonchev–Trinajstić information content (AvgIpc) is 2.43. The van der Waals surface area contributed by atoms with Crippen molar-refractivity contribution in [3.63, 3.8) is 0 Å². The van der Waals surface area contributed by atoms with Crippen LogP contribution >= 0.6 is 11.8 Å². The Balaban J connectivity index is 1.99. The summed E-state index contributed by atoms with van der Waals surface area (Å²) in [4.78, 5) is 15.9. The number of benzene rings is 1. The van der Waals surface area contributed by atoms with E-state index in [0.29, 0.717) is 18.5 Å². The molecule has 1 aromatic carbocycles. The lowest BCUT2D eigenvalue weighted by Crippen LogP contribution is -2.43. The topological polar surface area (TPSA) is 20.3 Å². The van der Waals surface area contributed by atoms with Gasteiger partial charge in [0.25, 0.3) is 0 Å². The quantitative estimate of drug-likeness (QED) is 0.618. The van der Waals surface area contributed by atoms with Gasteiger partial charge in [0.2, 0.25) is 0 Å². The number of Topliss-reactive ketones (excluding diaryl/α,β-unsaturated/α-hetero) is 1. The molecule has 1 aromatic rings. The normalized spacial score (nSPS) is 24.4. The van der Waals surface area contributed by atoms with Gasteiger partial charge >= 0.3 is 0 Å². The minimum atomic E-state index is 0.244. The Morgan fingerprint density at radius 2 is 1.95 bits per heavy atom. The molecule has 0 aromatic heterocycles. The molecule has 2 atom stereocenters. The first-order valence-electron chi connectivity index (χ1n) is 7.01. The van der Waals surface area contributed by atoms with Gasteiger partial charge in [-0.3, -0.25) is 9.69 Å². The molecule has 0 amide bonds. The molecule has 0 spiro atoms. The molecule has 3 heteroatoms. The van der Waals surface area contributed by atoms with Gasteiger partial charge in [0.05, 0.1) is 6.54 Å². The van der Waals surface area contributed by atoms with Crippen molar-refractivity contribution >= 4 is 17.5 Å². The number of hydrogen-bond donors (Lipinski definition) is 0. The van der Waals surface area contributed by atoms with Gasteiger partial charge in [-0.2, -0.15) is 0 Å². The summed E-state index contributed by atoms with van der Waals surface area (Å²) in [5.74, 6) is 0.955. The number of carbonyl (C=O) groups excluding carboxylic acids is 1. The molecule has 1 fully saturated rings. The lowest BCUT2D eigenvalue weighted by molar-refractivity contribution is 0.0805. The number of piperidine rings is 1. The van der Waals surface area contributed by atoms with Crippen molar-refractivity contribution < 1.29 is 4.79 Å². The highest BCUT2D eigenvalue weighted by Crippen LogP contribution is 2.22. The van der Waals surface area contributed by atoms with Gasteiger partial charge in [-0.25, -0.2) is 0 Å². The van der Waals surface area contributed by atoms with E-state index in [0.717, 1.165) is 12.1 Å². The fourth-order valence-corrected chi connectivity index (χ4v) is 3.06. The van der Waals surface area contributed by atoms with Gasteiger partial charge in [-0.1, -0.05) is 19.1 Å². The zero-order valence-corrected chi connectivity index (χ0v) is 12.9. The third kappa shape index (κ3) is 3.83. The minimum absolute atomic E-state index is 0.244. The van der Waals surface area contributed by atoms with Gasteiger partial charge in [0.1, 0.15) is 0 Å². The maximum atomic E-state index is 12.3. The van der Waals surface area contributed by atoms with E-state index in [1.54, 1.807) is 11.8 Å². The molecule has 1 saturated heterocycles. The maximum absolute atomic E-state index is 12.3. The zero-order chi connectivity index (χ0) is 13.8. The second-order valence-electron chi connectivity index (χ2n) is 5.61. The van der Waals surface area contributed by atoms with Crippen LogP contribution in [0.4, 0.5) is 0 Å². The standard InChI is InChI=1S/C16H23NOS/c1-12-4-5-13(2)17(10-12)11-16(18)14-6-8-15(19-3)9-7-14/h6-9,12-13H,4-5,10-11H2,1-3H3. The fraction of sp³-hybridized carbons (Fsp3) is 0.562. The van der Waals surface area contributed by atoms with E-state index < -0.39 is 0 Å². The molecule has 0 bridgehead atoms. The highest BCUT2D eigenvalue weighted by atomic mass is 32.2. The van der Waals surface area contributed by atoms with E-state index in [-0.39, 0.29) is 5.78 Å². The molecule has 2 rings (SSSR count). The summed E-state index contributed by atoms with van der Waals surface area (Å²) in [5, 5.41) is 0. The van der Waals surface area contributed by atoms with Crippen LogP contribution in [0.5, 0.6) is 0 Å². The first kappa shape index (κ1) is 14.6. The number of ketones is 1. The van der Waals surface area contributed by atoms with Crippen molar-refractivity contribution in [1.82, 2.24) is 4.90 Å². The van der Waals surface area contributed by atoms with Crippen LogP contribution in [0.1, 0.15) is 37.0 Å². The van der Waals surface area contributed by atoms with E-state index >= 15 is 0 Å². The van der Waals surface area contributed by atoms with Crippen molar-refractivity contribution in [1.29, 1.82) is 0 Å². The minimum Gasteiger partial charge on any atom is -0.293 e. The molecule has 0 saturated carbocycles. The fourth-order valence-electron chi connectivity index (χ4n) is 2.65. The van der Waals surface area contributed by atoms with Gasteiger partial charge < -0.3 is 0 Å². The van der Waals surface area contributed by atoms with E-state index in [9.17, 15) is 4.79 Å². The molecule has 2 unspecified atom stereocenters.